The van der Waals surface area contributed by atoms with Gasteiger partial charge >= 0.3 is 6.01 Å². The van der Waals surface area contributed by atoms with E-state index >= 15 is 0 Å². The molecule has 0 aromatic carbocycles. The van der Waals surface area contributed by atoms with Gasteiger partial charge < -0.3 is 10.1 Å². The summed E-state index contributed by atoms with van der Waals surface area (Å²) in [6.07, 6.45) is 3.54. The Kier molecular flexibility index (Phi) is 3.88. The average Bonchev–Trinajstić information content (AvgIpc) is 2.37. The maximum Gasteiger partial charge on any atom is 0.322 e. The number of halogens is 1. The fourth-order valence-corrected chi connectivity index (χ4v) is 1.53. The summed E-state index contributed by atoms with van der Waals surface area (Å²) in [5.74, 6) is 0.378. The predicted molar refractivity (Wildman–Crippen MR) is 67.7 cm³/mol. The standard InChI is InChI=1S/C11H12ClN5O/c1-7-5-13-4-3-8(7)6-14-10-15-9(12)16-11(17-10)18-2/h3-5H,6H2,1-2H3,(H,14,15,16,17). The third-order valence-electron chi connectivity index (χ3n) is 2.34. The maximum atomic E-state index is 5.75. The van der Waals surface area contributed by atoms with E-state index in [0.29, 0.717) is 12.5 Å². The number of ether oxygens (including phenoxy) is 1. The highest BCUT2D eigenvalue weighted by molar-refractivity contribution is 6.28. The molecule has 0 aliphatic carbocycles. The molecule has 0 unspecified atom stereocenters. The smallest absolute Gasteiger partial charge is 0.322 e. The lowest BCUT2D eigenvalue weighted by molar-refractivity contribution is 0.379. The van der Waals surface area contributed by atoms with Crippen molar-refractivity contribution in [1.29, 1.82) is 0 Å². The molecule has 0 aliphatic rings. The van der Waals surface area contributed by atoms with Gasteiger partial charge in [-0.3, -0.25) is 4.98 Å². The summed E-state index contributed by atoms with van der Waals surface area (Å²) in [7, 11) is 1.47. The lowest BCUT2D eigenvalue weighted by Gasteiger charge is -2.07. The molecule has 7 heteroatoms. The minimum absolute atomic E-state index is 0.0933. The van der Waals surface area contributed by atoms with E-state index in [9.17, 15) is 0 Å². The first kappa shape index (κ1) is 12.5. The Hall–Kier alpha value is -1.95. The molecule has 0 radical (unpaired) electrons. The van der Waals surface area contributed by atoms with Crippen molar-refractivity contribution in [3.8, 4) is 6.01 Å². The molecule has 0 saturated heterocycles. The van der Waals surface area contributed by atoms with E-state index in [1.807, 2.05) is 13.0 Å². The highest BCUT2D eigenvalue weighted by atomic mass is 35.5. The van der Waals surface area contributed by atoms with Gasteiger partial charge in [-0.2, -0.15) is 15.0 Å². The third kappa shape index (κ3) is 3.04. The summed E-state index contributed by atoms with van der Waals surface area (Å²) < 4.78 is 4.91. The molecule has 0 aliphatic heterocycles. The number of hydrogen-bond acceptors (Lipinski definition) is 6. The molecule has 18 heavy (non-hydrogen) atoms. The van der Waals surface area contributed by atoms with Crippen LogP contribution in [0.15, 0.2) is 18.5 Å². The zero-order chi connectivity index (χ0) is 13.0. The Morgan fingerprint density at radius 2 is 2.17 bits per heavy atom. The van der Waals surface area contributed by atoms with Crippen LogP contribution in [0.1, 0.15) is 11.1 Å². The summed E-state index contributed by atoms with van der Waals surface area (Å²) >= 11 is 5.75. The monoisotopic (exact) mass is 265 g/mol. The normalized spacial score (nSPS) is 10.2. The number of nitrogens with one attached hydrogen (secondary N) is 1. The minimum atomic E-state index is 0.0933. The number of pyridine rings is 1. The van der Waals surface area contributed by atoms with Crippen molar-refractivity contribution in [2.45, 2.75) is 13.5 Å². The van der Waals surface area contributed by atoms with Crippen LogP contribution in [0, 0.1) is 6.92 Å². The molecular formula is C11H12ClN5O. The van der Waals surface area contributed by atoms with Crippen LogP contribution < -0.4 is 10.1 Å². The molecule has 2 heterocycles. The predicted octanol–water partition coefficient (Wildman–Crippen LogP) is 1.85. The summed E-state index contributed by atoms with van der Waals surface area (Å²) in [5, 5.41) is 3.16. The topological polar surface area (TPSA) is 72.8 Å². The molecule has 2 rings (SSSR count). The first-order valence-corrected chi connectivity index (χ1v) is 5.66. The van der Waals surface area contributed by atoms with Gasteiger partial charge in [-0.15, -0.1) is 0 Å². The lowest BCUT2D eigenvalue weighted by atomic mass is 10.1. The lowest BCUT2D eigenvalue weighted by Crippen LogP contribution is -2.07. The van der Waals surface area contributed by atoms with Crippen LogP contribution in [-0.4, -0.2) is 27.0 Å². The van der Waals surface area contributed by atoms with Crippen LogP contribution in [0.4, 0.5) is 5.95 Å². The molecule has 6 nitrogen and oxygen atoms in total. The fraction of sp³-hybridized carbons (Fsp3) is 0.273. The van der Waals surface area contributed by atoms with E-state index in [1.54, 1.807) is 12.4 Å². The average molecular weight is 266 g/mol. The molecule has 0 bridgehead atoms. The number of aryl methyl sites for hydroxylation is 1. The first-order chi connectivity index (χ1) is 8.69. The highest BCUT2D eigenvalue weighted by Gasteiger charge is 2.05. The minimum Gasteiger partial charge on any atom is -0.467 e. The van der Waals surface area contributed by atoms with Gasteiger partial charge in [-0.05, 0) is 35.7 Å². The number of anilines is 1. The van der Waals surface area contributed by atoms with Gasteiger partial charge in [0.2, 0.25) is 11.2 Å². The van der Waals surface area contributed by atoms with E-state index in [-0.39, 0.29) is 11.3 Å². The van der Waals surface area contributed by atoms with E-state index < -0.39 is 0 Å². The SMILES string of the molecule is COc1nc(Cl)nc(NCc2ccncc2C)n1. The summed E-state index contributed by atoms with van der Waals surface area (Å²) in [6, 6.07) is 2.12. The van der Waals surface area contributed by atoms with Crippen LogP contribution in [0.2, 0.25) is 5.28 Å². The molecule has 0 fully saturated rings. The molecule has 2 aromatic heterocycles. The molecule has 0 spiro atoms. The Bertz CT molecular complexity index is 549. The van der Waals surface area contributed by atoms with Gasteiger partial charge in [0.25, 0.3) is 0 Å². The van der Waals surface area contributed by atoms with Crippen LogP contribution >= 0.6 is 11.6 Å². The quantitative estimate of drug-likeness (QED) is 0.910. The van der Waals surface area contributed by atoms with Gasteiger partial charge in [0.1, 0.15) is 0 Å². The number of nitrogens with zero attached hydrogens (tertiary/aromatic N) is 4. The summed E-state index contributed by atoms with van der Waals surface area (Å²) in [6.45, 7) is 2.57. The Labute approximate surface area is 109 Å². The van der Waals surface area contributed by atoms with Crippen molar-refractivity contribution in [3.63, 3.8) is 0 Å². The highest BCUT2D eigenvalue weighted by Crippen LogP contribution is 2.12. The zero-order valence-corrected chi connectivity index (χ0v) is 10.8. The van der Waals surface area contributed by atoms with Crippen molar-refractivity contribution in [3.05, 3.63) is 34.9 Å². The van der Waals surface area contributed by atoms with Gasteiger partial charge in [0.15, 0.2) is 0 Å². The molecule has 2 aromatic rings. The Morgan fingerprint density at radius 3 is 2.89 bits per heavy atom. The Balaban J connectivity index is 2.11. The van der Waals surface area contributed by atoms with Crippen LogP contribution in [0.3, 0.4) is 0 Å². The van der Waals surface area contributed by atoms with Gasteiger partial charge in [-0.1, -0.05) is 0 Å². The van der Waals surface area contributed by atoms with Crippen molar-refractivity contribution >= 4 is 17.5 Å². The van der Waals surface area contributed by atoms with E-state index in [0.717, 1.165) is 11.1 Å². The Morgan fingerprint density at radius 1 is 1.33 bits per heavy atom. The van der Waals surface area contributed by atoms with E-state index in [4.69, 9.17) is 16.3 Å². The van der Waals surface area contributed by atoms with Gasteiger partial charge in [-0.25, -0.2) is 0 Å². The molecule has 1 N–H and O–H groups in total. The molecule has 94 valence electrons. The fourth-order valence-electron chi connectivity index (χ4n) is 1.38. The van der Waals surface area contributed by atoms with Crippen molar-refractivity contribution in [2.75, 3.05) is 12.4 Å². The maximum absolute atomic E-state index is 5.75. The summed E-state index contributed by atoms with van der Waals surface area (Å²) in [4.78, 5) is 15.8. The molecular weight excluding hydrogens is 254 g/mol. The number of hydrogen-bond donors (Lipinski definition) is 1. The number of methoxy groups -OCH3 is 1. The molecule has 0 atom stereocenters. The van der Waals surface area contributed by atoms with Crippen LogP contribution in [-0.2, 0) is 6.54 Å². The van der Waals surface area contributed by atoms with Crippen molar-refractivity contribution in [1.82, 2.24) is 19.9 Å². The van der Waals surface area contributed by atoms with Crippen molar-refractivity contribution < 1.29 is 4.74 Å². The van der Waals surface area contributed by atoms with Gasteiger partial charge in [0.05, 0.1) is 7.11 Å². The summed E-state index contributed by atoms with van der Waals surface area (Å²) in [5.41, 5.74) is 2.21. The second kappa shape index (κ2) is 5.59. The second-order valence-corrected chi connectivity index (χ2v) is 3.91. The van der Waals surface area contributed by atoms with Crippen molar-refractivity contribution in [2.24, 2.45) is 0 Å². The van der Waals surface area contributed by atoms with E-state index in [1.165, 1.54) is 7.11 Å². The second-order valence-electron chi connectivity index (χ2n) is 3.57. The molecule has 0 saturated carbocycles. The molecule has 0 amide bonds. The largest absolute Gasteiger partial charge is 0.467 e. The van der Waals surface area contributed by atoms with Crippen LogP contribution in [0.25, 0.3) is 0 Å². The van der Waals surface area contributed by atoms with E-state index in [2.05, 4.69) is 25.3 Å². The van der Waals surface area contributed by atoms with Gasteiger partial charge in [0, 0.05) is 18.9 Å². The number of aromatic nitrogens is 4. The van der Waals surface area contributed by atoms with Crippen LogP contribution in [0.5, 0.6) is 6.01 Å². The third-order valence-corrected chi connectivity index (χ3v) is 2.51. The number of rotatable bonds is 4. The zero-order valence-electron chi connectivity index (χ0n) is 10.0. The first-order valence-electron chi connectivity index (χ1n) is 5.28.